The maximum absolute atomic E-state index is 11.6. The fraction of sp³-hybridized carbons (Fsp3) is 0.923. The van der Waals surface area contributed by atoms with Crippen LogP contribution in [0.3, 0.4) is 0 Å². The Balaban J connectivity index is 3.88. The van der Waals surface area contributed by atoms with E-state index in [1.165, 1.54) is 0 Å². The molecule has 0 heterocycles. The number of hydrogen-bond donors (Lipinski definition) is 2. The van der Waals surface area contributed by atoms with Gasteiger partial charge in [0.15, 0.2) is 0 Å². The van der Waals surface area contributed by atoms with Crippen LogP contribution in [0.15, 0.2) is 0 Å². The molecule has 1 atom stereocenters. The molecule has 3 heteroatoms. The van der Waals surface area contributed by atoms with Crippen molar-refractivity contribution in [2.24, 2.45) is 11.3 Å². The van der Waals surface area contributed by atoms with E-state index in [9.17, 15) is 9.90 Å². The Bertz CT molecular complexity index is 223. The van der Waals surface area contributed by atoms with Gasteiger partial charge in [-0.05, 0) is 31.6 Å². The van der Waals surface area contributed by atoms with Crippen LogP contribution in [0.5, 0.6) is 0 Å². The zero-order valence-corrected chi connectivity index (χ0v) is 11.6. The number of carbonyl (C=O) groups excluding carboxylic acids is 1. The van der Waals surface area contributed by atoms with Crippen molar-refractivity contribution in [1.82, 2.24) is 5.32 Å². The molecule has 0 fully saturated rings. The van der Waals surface area contributed by atoms with Crippen LogP contribution in [0.4, 0.5) is 0 Å². The van der Waals surface area contributed by atoms with Gasteiger partial charge in [-0.3, -0.25) is 4.79 Å². The summed E-state index contributed by atoms with van der Waals surface area (Å²) in [7, 11) is 0. The summed E-state index contributed by atoms with van der Waals surface area (Å²) in [5.41, 5.74) is -0.571. The number of nitrogens with one attached hydrogen (secondary N) is 1. The van der Waals surface area contributed by atoms with Crippen LogP contribution in [0.1, 0.15) is 54.4 Å². The SMILES string of the molecule is CC(CC(=O)NCC(C)(C)O)CC(C)(C)C. The highest BCUT2D eigenvalue weighted by Gasteiger charge is 2.19. The maximum Gasteiger partial charge on any atom is 0.220 e. The van der Waals surface area contributed by atoms with Crippen molar-refractivity contribution >= 4 is 5.91 Å². The molecule has 0 aromatic rings. The first-order valence-electron chi connectivity index (χ1n) is 5.99. The zero-order chi connectivity index (χ0) is 13.0. The van der Waals surface area contributed by atoms with Gasteiger partial charge in [0.05, 0.1) is 5.60 Å². The number of amides is 1. The molecule has 0 aromatic heterocycles. The van der Waals surface area contributed by atoms with Gasteiger partial charge in [0.2, 0.25) is 5.91 Å². The summed E-state index contributed by atoms with van der Waals surface area (Å²) in [5.74, 6) is 0.403. The molecule has 16 heavy (non-hydrogen) atoms. The molecule has 1 unspecified atom stereocenters. The minimum Gasteiger partial charge on any atom is -0.389 e. The minimum atomic E-state index is -0.830. The molecule has 2 N–H and O–H groups in total. The van der Waals surface area contributed by atoms with Crippen LogP contribution in [0, 0.1) is 11.3 Å². The summed E-state index contributed by atoms with van der Waals surface area (Å²) >= 11 is 0. The minimum absolute atomic E-state index is 0.0267. The van der Waals surface area contributed by atoms with Crippen LogP contribution in [-0.2, 0) is 4.79 Å². The third-order valence-corrected chi connectivity index (χ3v) is 2.21. The van der Waals surface area contributed by atoms with Crippen molar-refractivity contribution in [1.29, 1.82) is 0 Å². The molecule has 0 bridgehead atoms. The molecule has 0 spiro atoms. The van der Waals surface area contributed by atoms with E-state index >= 15 is 0 Å². The highest BCUT2D eigenvalue weighted by atomic mass is 16.3. The van der Waals surface area contributed by atoms with E-state index < -0.39 is 5.60 Å². The lowest BCUT2D eigenvalue weighted by Gasteiger charge is -2.23. The molecule has 0 aliphatic carbocycles. The van der Waals surface area contributed by atoms with Crippen LogP contribution in [0.2, 0.25) is 0 Å². The van der Waals surface area contributed by atoms with Gasteiger partial charge in [0, 0.05) is 13.0 Å². The highest BCUT2D eigenvalue weighted by molar-refractivity contribution is 5.76. The lowest BCUT2D eigenvalue weighted by atomic mass is 9.84. The Morgan fingerprint density at radius 1 is 1.25 bits per heavy atom. The first kappa shape index (κ1) is 15.4. The van der Waals surface area contributed by atoms with E-state index in [-0.39, 0.29) is 11.3 Å². The third kappa shape index (κ3) is 9.97. The van der Waals surface area contributed by atoms with Gasteiger partial charge in [-0.2, -0.15) is 0 Å². The number of hydrogen-bond acceptors (Lipinski definition) is 2. The second-order valence-corrected chi connectivity index (χ2v) is 6.66. The second kappa shape index (κ2) is 5.67. The summed E-state index contributed by atoms with van der Waals surface area (Å²) < 4.78 is 0. The Kier molecular flexibility index (Phi) is 5.47. The van der Waals surface area contributed by atoms with Gasteiger partial charge in [-0.1, -0.05) is 27.7 Å². The molecular weight excluding hydrogens is 202 g/mol. The number of carbonyl (C=O) groups is 1. The molecule has 0 aliphatic heterocycles. The van der Waals surface area contributed by atoms with E-state index in [2.05, 4.69) is 33.0 Å². The topological polar surface area (TPSA) is 49.3 Å². The van der Waals surface area contributed by atoms with Crippen molar-refractivity contribution in [3.8, 4) is 0 Å². The Morgan fingerprint density at radius 2 is 1.75 bits per heavy atom. The molecule has 0 aromatic carbocycles. The highest BCUT2D eigenvalue weighted by Crippen LogP contribution is 2.25. The molecule has 0 radical (unpaired) electrons. The first-order valence-corrected chi connectivity index (χ1v) is 5.99. The van der Waals surface area contributed by atoms with Crippen molar-refractivity contribution in [2.75, 3.05) is 6.54 Å². The van der Waals surface area contributed by atoms with Crippen molar-refractivity contribution in [2.45, 2.75) is 60.0 Å². The normalized spacial score (nSPS) is 14.7. The van der Waals surface area contributed by atoms with Crippen molar-refractivity contribution in [3.05, 3.63) is 0 Å². The van der Waals surface area contributed by atoms with Gasteiger partial charge < -0.3 is 10.4 Å². The van der Waals surface area contributed by atoms with Crippen LogP contribution >= 0.6 is 0 Å². The molecule has 3 nitrogen and oxygen atoms in total. The Hall–Kier alpha value is -0.570. The van der Waals surface area contributed by atoms with E-state index in [0.29, 0.717) is 18.9 Å². The molecule has 1 amide bonds. The fourth-order valence-electron chi connectivity index (χ4n) is 1.82. The van der Waals surface area contributed by atoms with Gasteiger partial charge in [0.25, 0.3) is 0 Å². The monoisotopic (exact) mass is 229 g/mol. The largest absolute Gasteiger partial charge is 0.389 e. The third-order valence-electron chi connectivity index (χ3n) is 2.21. The predicted octanol–water partition coefficient (Wildman–Crippen LogP) is 2.34. The van der Waals surface area contributed by atoms with Gasteiger partial charge >= 0.3 is 0 Å². The fourth-order valence-corrected chi connectivity index (χ4v) is 1.82. The molecule has 96 valence electrons. The summed E-state index contributed by atoms with van der Waals surface area (Å²) in [6.45, 7) is 12.3. The van der Waals surface area contributed by atoms with Gasteiger partial charge in [0.1, 0.15) is 0 Å². The van der Waals surface area contributed by atoms with Gasteiger partial charge in [-0.15, -0.1) is 0 Å². The summed E-state index contributed by atoms with van der Waals surface area (Å²) in [6, 6.07) is 0. The second-order valence-electron chi connectivity index (χ2n) is 6.66. The molecular formula is C13H27NO2. The smallest absolute Gasteiger partial charge is 0.220 e. The average molecular weight is 229 g/mol. The Morgan fingerprint density at radius 3 is 2.12 bits per heavy atom. The van der Waals surface area contributed by atoms with Crippen molar-refractivity contribution < 1.29 is 9.90 Å². The summed E-state index contributed by atoms with van der Waals surface area (Å²) in [5, 5.41) is 12.2. The summed E-state index contributed by atoms with van der Waals surface area (Å²) in [4.78, 5) is 11.6. The maximum atomic E-state index is 11.6. The van der Waals surface area contributed by atoms with Gasteiger partial charge in [-0.25, -0.2) is 0 Å². The Labute approximate surface area is 99.6 Å². The van der Waals surface area contributed by atoms with Crippen LogP contribution in [-0.4, -0.2) is 23.2 Å². The quantitative estimate of drug-likeness (QED) is 0.760. The standard InChI is InChI=1S/C13H27NO2/c1-10(8-12(2,3)4)7-11(15)14-9-13(5,6)16/h10,16H,7-9H2,1-6H3,(H,14,15). The van der Waals surface area contributed by atoms with E-state index in [1.54, 1.807) is 13.8 Å². The first-order chi connectivity index (χ1) is 6.99. The van der Waals surface area contributed by atoms with Crippen molar-refractivity contribution in [3.63, 3.8) is 0 Å². The number of aliphatic hydroxyl groups is 1. The molecule has 0 saturated heterocycles. The predicted molar refractivity (Wildman–Crippen MR) is 67.2 cm³/mol. The number of rotatable bonds is 5. The molecule has 0 saturated carbocycles. The summed E-state index contributed by atoms with van der Waals surface area (Å²) in [6.07, 6.45) is 1.57. The molecule has 0 rings (SSSR count). The van der Waals surface area contributed by atoms with Crippen LogP contribution in [0.25, 0.3) is 0 Å². The lowest BCUT2D eigenvalue weighted by Crippen LogP contribution is -2.38. The molecule has 0 aliphatic rings. The lowest BCUT2D eigenvalue weighted by molar-refractivity contribution is -0.123. The average Bonchev–Trinajstić information content (AvgIpc) is 1.95. The van der Waals surface area contributed by atoms with Crippen LogP contribution < -0.4 is 5.32 Å². The van der Waals surface area contributed by atoms with E-state index in [0.717, 1.165) is 6.42 Å². The zero-order valence-electron chi connectivity index (χ0n) is 11.6. The van der Waals surface area contributed by atoms with E-state index in [1.807, 2.05) is 0 Å². The van der Waals surface area contributed by atoms with E-state index in [4.69, 9.17) is 0 Å².